The number of carbonyl (C=O) groups excluding carboxylic acids is 1. The maximum atomic E-state index is 14.2. The Morgan fingerprint density at radius 3 is 2.88 bits per heavy atom. The van der Waals surface area contributed by atoms with E-state index in [1.807, 2.05) is 14.1 Å². The fraction of sp³-hybridized carbons (Fsp3) is 0.588. The second-order valence-electron chi connectivity index (χ2n) is 6.40. The SMILES string of the molecule is CN(C)CCNCc1cc(Cl)c(F)c(CNC(=O)[C@@H]2CCCN2)c1. The van der Waals surface area contributed by atoms with Gasteiger partial charge in [0.05, 0.1) is 11.1 Å². The average molecular weight is 357 g/mol. The molecule has 134 valence electrons. The first-order chi connectivity index (χ1) is 11.5. The van der Waals surface area contributed by atoms with Crippen LogP contribution in [0.2, 0.25) is 5.02 Å². The molecule has 0 bridgehead atoms. The summed E-state index contributed by atoms with van der Waals surface area (Å²) in [6.45, 7) is 3.37. The number of halogens is 2. The molecule has 0 radical (unpaired) electrons. The Kier molecular flexibility index (Phi) is 7.42. The average Bonchev–Trinajstić information content (AvgIpc) is 3.07. The van der Waals surface area contributed by atoms with Crippen molar-refractivity contribution in [1.82, 2.24) is 20.9 Å². The lowest BCUT2D eigenvalue weighted by atomic mass is 10.1. The molecule has 2 rings (SSSR count). The highest BCUT2D eigenvalue weighted by Crippen LogP contribution is 2.21. The maximum absolute atomic E-state index is 14.2. The van der Waals surface area contributed by atoms with Gasteiger partial charge in [-0.2, -0.15) is 0 Å². The molecule has 0 aliphatic carbocycles. The fourth-order valence-electron chi connectivity index (χ4n) is 2.69. The zero-order valence-corrected chi connectivity index (χ0v) is 15.0. The lowest BCUT2D eigenvalue weighted by Gasteiger charge is -2.14. The molecule has 1 heterocycles. The van der Waals surface area contributed by atoms with E-state index in [9.17, 15) is 9.18 Å². The summed E-state index contributed by atoms with van der Waals surface area (Å²) in [7, 11) is 4.02. The summed E-state index contributed by atoms with van der Waals surface area (Å²) in [6.07, 6.45) is 1.82. The summed E-state index contributed by atoms with van der Waals surface area (Å²) in [5.41, 5.74) is 1.32. The molecule has 3 N–H and O–H groups in total. The van der Waals surface area contributed by atoms with E-state index in [0.717, 1.165) is 38.0 Å². The summed E-state index contributed by atoms with van der Waals surface area (Å²) < 4.78 is 14.2. The fourth-order valence-corrected chi connectivity index (χ4v) is 2.95. The molecule has 1 aromatic rings. The number of nitrogens with one attached hydrogen (secondary N) is 3. The summed E-state index contributed by atoms with van der Waals surface area (Å²) in [5.74, 6) is -0.550. The second kappa shape index (κ2) is 9.32. The highest BCUT2D eigenvalue weighted by molar-refractivity contribution is 6.30. The third-order valence-electron chi connectivity index (χ3n) is 4.06. The molecule has 1 fully saturated rings. The van der Waals surface area contributed by atoms with Gasteiger partial charge in [-0.05, 0) is 51.2 Å². The Morgan fingerprint density at radius 2 is 2.21 bits per heavy atom. The predicted octanol–water partition coefficient (Wildman–Crippen LogP) is 1.50. The van der Waals surface area contributed by atoms with Crippen molar-refractivity contribution >= 4 is 17.5 Å². The van der Waals surface area contributed by atoms with Gasteiger partial charge in [-0.1, -0.05) is 11.6 Å². The number of amides is 1. The van der Waals surface area contributed by atoms with E-state index in [1.165, 1.54) is 0 Å². The predicted molar refractivity (Wildman–Crippen MR) is 94.5 cm³/mol. The zero-order chi connectivity index (χ0) is 17.5. The standard InChI is InChI=1S/C17H26ClFN4O/c1-23(2)7-6-20-10-12-8-13(16(19)14(18)9-12)11-22-17(24)15-4-3-5-21-15/h8-9,15,20-21H,3-7,10-11H2,1-2H3,(H,22,24)/t15-/m0/s1. The van der Waals surface area contributed by atoms with Crippen LogP contribution in [0.25, 0.3) is 0 Å². The van der Waals surface area contributed by atoms with E-state index in [4.69, 9.17) is 11.6 Å². The second-order valence-corrected chi connectivity index (χ2v) is 6.80. The van der Waals surface area contributed by atoms with Crippen molar-refractivity contribution < 1.29 is 9.18 Å². The minimum atomic E-state index is -0.464. The summed E-state index contributed by atoms with van der Waals surface area (Å²) in [4.78, 5) is 14.1. The first-order valence-corrected chi connectivity index (χ1v) is 8.68. The summed E-state index contributed by atoms with van der Waals surface area (Å²) >= 11 is 5.99. The monoisotopic (exact) mass is 356 g/mol. The molecular weight excluding hydrogens is 331 g/mol. The first-order valence-electron chi connectivity index (χ1n) is 8.30. The van der Waals surface area contributed by atoms with Crippen LogP contribution in [-0.2, 0) is 17.9 Å². The molecule has 1 atom stereocenters. The van der Waals surface area contributed by atoms with Crippen LogP contribution in [0.4, 0.5) is 4.39 Å². The van der Waals surface area contributed by atoms with Crippen molar-refractivity contribution in [2.75, 3.05) is 33.7 Å². The van der Waals surface area contributed by atoms with Crippen LogP contribution >= 0.6 is 11.6 Å². The third kappa shape index (κ3) is 5.70. The summed E-state index contributed by atoms with van der Waals surface area (Å²) in [5, 5.41) is 9.30. The van der Waals surface area contributed by atoms with Crippen LogP contribution in [0.1, 0.15) is 24.0 Å². The van der Waals surface area contributed by atoms with Crippen molar-refractivity contribution in [3.63, 3.8) is 0 Å². The van der Waals surface area contributed by atoms with E-state index < -0.39 is 5.82 Å². The molecule has 1 amide bonds. The zero-order valence-electron chi connectivity index (χ0n) is 14.3. The van der Waals surface area contributed by atoms with Gasteiger partial charge in [-0.15, -0.1) is 0 Å². The van der Waals surface area contributed by atoms with Gasteiger partial charge in [0.1, 0.15) is 5.82 Å². The molecule has 0 spiro atoms. The molecule has 0 unspecified atom stereocenters. The Balaban J connectivity index is 1.91. The topological polar surface area (TPSA) is 56.4 Å². The Labute approximate surface area is 147 Å². The molecule has 1 aromatic carbocycles. The van der Waals surface area contributed by atoms with Crippen LogP contribution in [0.15, 0.2) is 12.1 Å². The van der Waals surface area contributed by atoms with Crippen LogP contribution < -0.4 is 16.0 Å². The van der Waals surface area contributed by atoms with Gasteiger partial charge in [0.25, 0.3) is 0 Å². The normalized spacial score (nSPS) is 17.5. The van der Waals surface area contributed by atoms with E-state index in [1.54, 1.807) is 12.1 Å². The lowest BCUT2D eigenvalue weighted by molar-refractivity contribution is -0.122. The quantitative estimate of drug-likeness (QED) is 0.618. The van der Waals surface area contributed by atoms with Crippen LogP contribution in [0, 0.1) is 5.82 Å². The number of hydrogen-bond donors (Lipinski definition) is 3. The molecule has 1 aliphatic heterocycles. The molecule has 1 saturated heterocycles. The van der Waals surface area contributed by atoms with Crippen molar-refractivity contribution in [3.8, 4) is 0 Å². The van der Waals surface area contributed by atoms with E-state index in [-0.39, 0.29) is 23.5 Å². The number of rotatable bonds is 8. The molecule has 5 nitrogen and oxygen atoms in total. The highest BCUT2D eigenvalue weighted by atomic mass is 35.5. The van der Waals surface area contributed by atoms with Crippen molar-refractivity contribution in [2.24, 2.45) is 0 Å². The van der Waals surface area contributed by atoms with Gasteiger partial charge in [-0.25, -0.2) is 4.39 Å². The minimum Gasteiger partial charge on any atom is -0.351 e. The number of nitrogens with zero attached hydrogens (tertiary/aromatic N) is 1. The van der Waals surface area contributed by atoms with Gasteiger partial charge in [0, 0.05) is 31.7 Å². The molecule has 24 heavy (non-hydrogen) atoms. The molecule has 0 saturated carbocycles. The third-order valence-corrected chi connectivity index (χ3v) is 4.33. The van der Waals surface area contributed by atoms with E-state index in [2.05, 4.69) is 20.9 Å². The molecule has 1 aliphatic rings. The number of benzene rings is 1. The molecular formula is C17H26ClFN4O. The van der Waals surface area contributed by atoms with Gasteiger partial charge in [0.2, 0.25) is 5.91 Å². The van der Waals surface area contributed by atoms with Crippen LogP contribution in [0.5, 0.6) is 0 Å². The Morgan fingerprint density at radius 1 is 1.42 bits per heavy atom. The van der Waals surface area contributed by atoms with Gasteiger partial charge in [0.15, 0.2) is 0 Å². The van der Waals surface area contributed by atoms with Gasteiger partial charge < -0.3 is 20.9 Å². The van der Waals surface area contributed by atoms with Crippen molar-refractivity contribution in [3.05, 3.63) is 34.1 Å². The number of carbonyl (C=O) groups is 1. The van der Waals surface area contributed by atoms with Crippen molar-refractivity contribution in [2.45, 2.75) is 32.0 Å². The summed E-state index contributed by atoms with van der Waals surface area (Å²) in [6, 6.07) is 3.22. The van der Waals surface area contributed by atoms with Crippen molar-refractivity contribution in [1.29, 1.82) is 0 Å². The first kappa shape index (κ1) is 19.1. The van der Waals surface area contributed by atoms with Crippen LogP contribution in [-0.4, -0.2) is 50.6 Å². The Hall–Kier alpha value is -1.21. The lowest BCUT2D eigenvalue weighted by Crippen LogP contribution is -2.40. The Bertz CT molecular complexity index is 562. The van der Waals surface area contributed by atoms with Gasteiger partial charge in [-0.3, -0.25) is 4.79 Å². The largest absolute Gasteiger partial charge is 0.351 e. The van der Waals surface area contributed by atoms with E-state index in [0.29, 0.717) is 12.1 Å². The van der Waals surface area contributed by atoms with E-state index >= 15 is 0 Å². The maximum Gasteiger partial charge on any atom is 0.237 e. The molecule has 0 aromatic heterocycles. The smallest absolute Gasteiger partial charge is 0.237 e. The van der Waals surface area contributed by atoms with Gasteiger partial charge >= 0.3 is 0 Å². The number of likely N-dealkylation sites (N-methyl/N-ethyl adjacent to an activating group) is 1. The molecule has 7 heteroatoms. The van der Waals surface area contributed by atoms with Crippen LogP contribution in [0.3, 0.4) is 0 Å². The number of hydrogen-bond acceptors (Lipinski definition) is 4. The minimum absolute atomic E-state index is 0.0856. The highest BCUT2D eigenvalue weighted by Gasteiger charge is 2.22.